The van der Waals surface area contributed by atoms with Crippen LogP contribution in [0.5, 0.6) is 0 Å². The largest absolute Gasteiger partial charge is 0.464 e. The van der Waals surface area contributed by atoms with Crippen LogP contribution in [0.2, 0.25) is 0 Å². The van der Waals surface area contributed by atoms with Gasteiger partial charge < -0.3 is 10.0 Å². The van der Waals surface area contributed by atoms with Gasteiger partial charge in [0.05, 0.1) is 16.7 Å². The van der Waals surface area contributed by atoms with Crippen LogP contribution in [0, 0.1) is 0 Å². The number of anilines is 1. The summed E-state index contributed by atoms with van der Waals surface area (Å²) < 4.78 is 1.35. The van der Waals surface area contributed by atoms with Gasteiger partial charge in [0.25, 0.3) is 0 Å². The van der Waals surface area contributed by atoms with E-state index in [1.807, 2.05) is 24.3 Å². The number of hydrogen-bond acceptors (Lipinski definition) is 4. The Balaban J connectivity index is 1.66. The Bertz CT molecular complexity index is 980. The molecule has 4 heterocycles. The summed E-state index contributed by atoms with van der Waals surface area (Å²) in [5.74, 6) is 0. The molecule has 5 rings (SSSR count). The number of nitrogens with zero attached hydrogens (tertiary/aromatic N) is 4. The van der Waals surface area contributed by atoms with Crippen LogP contribution in [0.4, 0.5) is 10.5 Å². The minimum absolute atomic E-state index is 0.593. The summed E-state index contributed by atoms with van der Waals surface area (Å²) in [6.07, 6.45) is 5.11. The summed E-state index contributed by atoms with van der Waals surface area (Å²) in [6, 6.07) is 8.40. The summed E-state index contributed by atoms with van der Waals surface area (Å²) in [5, 5.41) is 11.6. The second-order valence-corrected chi connectivity index (χ2v) is 7.01. The van der Waals surface area contributed by atoms with Gasteiger partial charge in [-0.05, 0) is 37.6 Å². The molecule has 128 valence electrons. The molecular weight excluding hydrogens is 316 g/mol. The second kappa shape index (κ2) is 5.46. The van der Waals surface area contributed by atoms with Gasteiger partial charge >= 0.3 is 6.09 Å². The minimum atomic E-state index is -0.945. The number of fused-ring (bicyclic) bond motifs is 3. The Kier molecular flexibility index (Phi) is 3.21. The smallest absolute Gasteiger partial charge is 0.416 e. The fraction of sp³-hybridized carbons (Fsp3) is 0.368. The number of carbonyl (C=O) groups is 1. The van der Waals surface area contributed by atoms with Crippen LogP contribution in [0.3, 0.4) is 0 Å². The van der Waals surface area contributed by atoms with Crippen molar-refractivity contribution in [2.45, 2.75) is 18.9 Å². The molecule has 2 aromatic heterocycles. The molecule has 0 bridgehead atoms. The molecule has 1 atom stereocenters. The first kappa shape index (κ1) is 14.7. The van der Waals surface area contributed by atoms with E-state index in [4.69, 9.17) is 0 Å². The lowest BCUT2D eigenvalue weighted by molar-refractivity contribution is 0.197. The van der Waals surface area contributed by atoms with E-state index in [0.717, 1.165) is 47.1 Å². The van der Waals surface area contributed by atoms with Crippen molar-refractivity contribution >= 4 is 33.6 Å². The van der Waals surface area contributed by atoms with Crippen molar-refractivity contribution in [3.8, 4) is 0 Å². The molecule has 6 heteroatoms. The van der Waals surface area contributed by atoms with E-state index in [1.165, 1.54) is 24.0 Å². The Morgan fingerprint density at radius 2 is 2.16 bits per heavy atom. The quantitative estimate of drug-likeness (QED) is 0.740. The molecule has 1 unspecified atom stereocenters. The molecule has 6 nitrogen and oxygen atoms in total. The topological polar surface area (TPSA) is 61.6 Å². The van der Waals surface area contributed by atoms with Gasteiger partial charge in [0.15, 0.2) is 0 Å². The number of hydrogen-bond donors (Lipinski definition) is 1. The Morgan fingerprint density at radius 3 is 3.04 bits per heavy atom. The van der Waals surface area contributed by atoms with Gasteiger partial charge in [0.2, 0.25) is 0 Å². The minimum Gasteiger partial charge on any atom is -0.464 e. The molecule has 0 aliphatic carbocycles. The van der Waals surface area contributed by atoms with Gasteiger partial charge in [-0.15, -0.1) is 0 Å². The van der Waals surface area contributed by atoms with Crippen molar-refractivity contribution in [1.82, 2.24) is 14.5 Å². The molecular formula is C19H20N4O2. The maximum absolute atomic E-state index is 11.8. The maximum atomic E-state index is 11.8. The molecule has 0 spiro atoms. The first-order chi connectivity index (χ1) is 12.2. The molecule has 3 aromatic rings. The number of pyridine rings is 1. The molecule has 2 aliphatic rings. The molecule has 25 heavy (non-hydrogen) atoms. The van der Waals surface area contributed by atoms with E-state index < -0.39 is 6.09 Å². The van der Waals surface area contributed by atoms with Crippen LogP contribution in [-0.4, -0.2) is 57.9 Å². The zero-order valence-corrected chi connectivity index (χ0v) is 13.9. The molecule has 2 fully saturated rings. The fourth-order valence-corrected chi connectivity index (χ4v) is 4.39. The highest BCUT2D eigenvalue weighted by Crippen LogP contribution is 2.34. The van der Waals surface area contributed by atoms with Gasteiger partial charge in [-0.2, -0.15) is 0 Å². The zero-order chi connectivity index (χ0) is 17.0. The predicted molar refractivity (Wildman–Crippen MR) is 97.5 cm³/mol. The van der Waals surface area contributed by atoms with Gasteiger partial charge in [-0.3, -0.25) is 14.5 Å². The standard InChI is InChI=1S/C19H20N4O2/c24-19(25)23-12-18(22-8-7-21-6-2-4-14(21)11-22)15-10-16-13(9-17(15)23)3-1-5-20-16/h1,3,5,9-10,12,14H,2,4,6-8,11H2,(H,24,25). The lowest BCUT2D eigenvalue weighted by Crippen LogP contribution is -2.50. The monoisotopic (exact) mass is 336 g/mol. The van der Waals surface area contributed by atoms with Gasteiger partial charge in [0, 0.05) is 48.8 Å². The summed E-state index contributed by atoms with van der Waals surface area (Å²) >= 11 is 0. The molecule has 2 saturated heterocycles. The van der Waals surface area contributed by atoms with Gasteiger partial charge in [0.1, 0.15) is 0 Å². The van der Waals surface area contributed by atoms with Crippen LogP contribution in [0.15, 0.2) is 36.7 Å². The number of aromatic nitrogens is 2. The number of benzene rings is 1. The molecule has 1 aromatic carbocycles. The summed E-state index contributed by atoms with van der Waals surface area (Å²) in [6.45, 7) is 4.16. The van der Waals surface area contributed by atoms with Crippen LogP contribution >= 0.6 is 0 Å². The van der Waals surface area contributed by atoms with Crippen molar-refractivity contribution in [3.63, 3.8) is 0 Å². The number of rotatable bonds is 1. The molecule has 2 aliphatic heterocycles. The van der Waals surface area contributed by atoms with Crippen molar-refractivity contribution in [2.24, 2.45) is 0 Å². The van der Waals surface area contributed by atoms with Crippen molar-refractivity contribution in [3.05, 3.63) is 36.7 Å². The predicted octanol–water partition coefficient (Wildman–Crippen LogP) is 3.00. The van der Waals surface area contributed by atoms with Crippen LogP contribution < -0.4 is 4.90 Å². The van der Waals surface area contributed by atoms with Crippen LogP contribution in [0.1, 0.15) is 12.8 Å². The summed E-state index contributed by atoms with van der Waals surface area (Å²) in [7, 11) is 0. The summed E-state index contributed by atoms with van der Waals surface area (Å²) in [5.41, 5.74) is 2.65. The van der Waals surface area contributed by atoms with E-state index in [-0.39, 0.29) is 0 Å². The van der Waals surface area contributed by atoms with Gasteiger partial charge in [-0.25, -0.2) is 4.79 Å². The van der Waals surface area contributed by atoms with E-state index >= 15 is 0 Å². The first-order valence-corrected chi connectivity index (χ1v) is 8.83. The van der Waals surface area contributed by atoms with Crippen molar-refractivity contribution in [1.29, 1.82) is 0 Å². The lowest BCUT2D eigenvalue weighted by Gasteiger charge is -2.38. The molecule has 0 saturated carbocycles. The highest BCUT2D eigenvalue weighted by atomic mass is 16.4. The second-order valence-electron chi connectivity index (χ2n) is 7.01. The maximum Gasteiger partial charge on any atom is 0.416 e. The molecule has 1 N–H and O–H groups in total. The van der Waals surface area contributed by atoms with Crippen LogP contribution in [0.25, 0.3) is 21.8 Å². The normalized spacial score (nSPS) is 21.1. The fourth-order valence-electron chi connectivity index (χ4n) is 4.39. The van der Waals surface area contributed by atoms with Crippen LogP contribution in [-0.2, 0) is 0 Å². The van der Waals surface area contributed by atoms with E-state index in [9.17, 15) is 9.90 Å². The highest BCUT2D eigenvalue weighted by Gasteiger charge is 2.32. The average Bonchev–Trinajstić information content (AvgIpc) is 3.23. The Hall–Kier alpha value is -2.60. The van der Waals surface area contributed by atoms with Crippen molar-refractivity contribution < 1.29 is 9.90 Å². The van der Waals surface area contributed by atoms with E-state index in [0.29, 0.717) is 6.04 Å². The third kappa shape index (κ3) is 2.28. The molecule has 0 amide bonds. The molecule has 0 radical (unpaired) electrons. The SMILES string of the molecule is O=C(O)n1cc(N2CCN3CCCC3C2)c2cc3ncccc3cc21. The van der Waals surface area contributed by atoms with Gasteiger partial charge in [-0.1, -0.05) is 6.07 Å². The van der Waals surface area contributed by atoms with Crippen molar-refractivity contribution in [2.75, 3.05) is 31.1 Å². The highest BCUT2D eigenvalue weighted by molar-refractivity contribution is 6.05. The number of piperazine rings is 1. The van der Waals surface area contributed by atoms with E-state index in [1.54, 1.807) is 12.4 Å². The third-order valence-electron chi connectivity index (χ3n) is 5.64. The lowest BCUT2D eigenvalue weighted by atomic mass is 10.1. The Labute approximate surface area is 145 Å². The Morgan fingerprint density at radius 1 is 1.24 bits per heavy atom. The summed E-state index contributed by atoms with van der Waals surface area (Å²) in [4.78, 5) is 21.1. The third-order valence-corrected chi connectivity index (χ3v) is 5.64. The average molecular weight is 336 g/mol. The zero-order valence-electron chi connectivity index (χ0n) is 13.9. The first-order valence-electron chi connectivity index (χ1n) is 8.83. The number of carboxylic acid groups (broad SMARTS) is 1. The van der Waals surface area contributed by atoms with E-state index in [2.05, 4.69) is 14.8 Å².